The van der Waals surface area contributed by atoms with Crippen LogP contribution in [-0.2, 0) is 24.0 Å². The van der Waals surface area contributed by atoms with E-state index in [0.29, 0.717) is 25.8 Å². The monoisotopic (exact) mass is 474 g/mol. The van der Waals surface area contributed by atoms with E-state index in [4.69, 9.17) is 28.0 Å². The lowest BCUT2D eigenvalue weighted by atomic mass is 10.1. The highest BCUT2D eigenvalue weighted by molar-refractivity contribution is 5.94. The Morgan fingerprint density at radius 3 is 2.09 bits per heavy atom. The van der Waals surface area contributed by atoms with Crippen molar-refractivity contribution in [3.8, 4) is 0 Å². The number of guanidine groups is 1. The molecule has 0 aliphatic rings. The average Bonchev–Trinajstić information content (AvgIpc) is 2.72. The topological polar surface area (TPSA) is 278 Å². The van der Waals surface area contributed by atoms with Crippen LogP contribution in [0.4, 0.5) is 0 Å². The lowest BCUT2D eigenvalue weighted by molar-refractivity contribution is -0.143. The fourth-order valence-electron chi connectivity index (χ4n) is 2.60. The van der Waals surface area contributed by atoms with Crippen LogP contribution in [0.2, 0.25) is 0 Å². The van der Waals surface area contributed by atoms with Gasteiger partial charge in [0, 0.05) is 6.54 Å². The second kappa shape index (κ2) is 16.2. The van der Waals surface area contributed by atoms with Gasteiger partial charge in [-0.05, 0) is 32.2 Å². The van der Waals surface area contributed by atoms with Gasteiger partial charge in [0.25, 0.3) is 0 Å². The molecule has 0 aromatic carbocycles. The molecule has 0 heterocycles. The number of aliphatic carboxylic acids is 2. The van der Waals surface area contributed by atoms with E-state index >= 15 is 0 Å². The van der Waals surface area contributed by atoms with Crippen molar-refractivity contribution in [1.82, 2.24) is 16.0 Å². The predicted octanol–water partition coefficient (Wildman–Crippen LogP) is -3.86. The summed E-state index contributed by atoms with van der Waals surface area (Å²) >= 11 is 0. The molecule has 0 radical (unpaired) electrons. The van der Waals surface area contributed by atoms with Gasteiger partial charge in [-0.1, -0.05) is 6.42 Å². The van der Waals surface area contributed by atoms with Crippen molar-refractivity contribution in [3.05, 3.63) is 0 Å². The summed E-state index contributed by atoms with van der Waals surface area (Å²) < 4.78 is 0. The number of hydrogen-bond donors (Lipinski definition) is 9. The summed E-state index contributed by atoms with van der Waals surface area (Å²) in [5, 5.41) is 25.0. The van der Waals surface area contributed by atoms with Crippen LogP contribution in [0.25, 0.3) is 0 Å². The molecule has 0 aliphatic carbocycles. The standard InChI is InChI=1S/C18H34N8O7/c19-6-2-1-4-10(20)15(30)24-9-13(27)25-12(8-14(28)29)16(31)26-11(17(32)33)5-3-7-23-18(21)22/h10-12H,1-9,19-20H2,(H,24,30)(H,25,27)(H,26,31)(H,28,29)(H,32,33)(H4,21,22,23). The van der Waals surface area contributed by atoms with E-state index in [1.165, 1.54) is 0 Å². The van der Waals surface area contributed by atoms with Crippen molar-refractivity contribution in [3.63, 3.8) is 0 Å². The quantitative estimate of drug-likeness (QED) is 0.0558. The number of hydrogen-bond acceptors (Lipinski definition) is 8. The van der Waals surface area contributed by atoms with Crippen molar-refractivity contribution in [1.29, 1.82) is 0 Å². The molecule has 0 aromatic heterocycles. The van der Waals surface area contributed by atoms with Gasteiger partial charge in [-0.2, -0.15) is 0 Å². The van der Waals surface area contributed by atoms with E-state index in [2.05, 4.69) is 20.9 Å². The molecule has 0 bridgehead atoms. The van der Waals surface area contributed by atoms with Crippen molar-refractivity contribution in [2.45, 2.75) is 56.7 Å². The first-order valence-corrected chi connectivity index (χ1v) is 10.3. The van der Waals surface area contributed by atoms with E-state index in [9.17, 15) is 29.1 Å². The van der Waals surface area contributed by atoms with Gasteiger partial charge in [0.05, 0.1) is 19.0 Å². The second-order valence-corrected chi connectivity index (χ2v) is 7.17. The maximum Gasteiger partial charge on any atom is 0.326 e. The van der Waals surface area contributed by atoms with E-state index in [1.807, 2.05) is 0 Å². The smallest absolute Gasteiger partial charge is 0.326 e. The number of amides is 3. The van der Waals surface area contributed by atoms with E-state index in [1.54, 1.807) is 0 Å². The molecule has 0 rings (SSSR count). The molecule has 0 aromatic rings. The Kier molecular flexibility index (Phi) is 14.5. The average molecular weight is 475 g/mol. The number of carbonyl (C=O) groups excluding carboxylic acids is 3. The number of rotatable bonds is 17. The Morgan fingerprint density at radius 1 is 0.879 bits per heavy atom. The highest BCUT2D eigenvalue weighted by Gasteiger charge is 2.28. The highest BCUT2D eigenvalue weighted by atomic mass is 16.4. The van der Waals surface area contributed by atoms with Crippen LogP contribution in [0, 0.1) is 0 Å². The summed E-state index contributed by atoms with van der Waals surface area (Å²) in [6.45, 7) is 0.0435. The Morgan fingerprint density at radius 2 is 1.55 bits per heavy atom. The molecule has 3 atom stereocenters. The molecule has 0 aliphatic heterocycles. The molecule has 0 saturated heterocycles. The molecule has 0 saturated carbocycles. The number of carbonyl (C=O) groups is 5. The van der Waals surface area contributed by atoms with Gasteiger partial charge in [-0.15, -0.1) is 0 Å². The zero-order valence-corrected chi connectivity index (χ0v) is 18.3. The summed E-state index contributed by atoms with van der Waals surface area (Å²) in [5.41, 5.74) is 21.4. The van der Waals surface area contributed by atoms with Crippen molar-refractivity contribution >= 4 is 35.6 Å². The molecular formula is C18H34N8O7. The zero-order valence-electron chi connectivity index (χ0n) is 18.3. The van der Waals surface area contributed by atoms with E-state index in [-0.39, 0.29) is 25.3 Å². The molecule has 33 heavy (non-hydrogen) atoms. The zero-order chi connectivity index (χ0) is 25.4. The van der Waals surface area contributed by atoms with Crippen LogP contribution in [0.1, 0.15) is 38.5 Å². The summed E-state index contributed by atoms with van der Waals surface area (Å²) in [6.07, 6.45) is 1.08. The minimum atomic E-state index is -1.57. The third kappa shape index (κ3) is 14.3. The molecule has 15 heteroatoms. The van der Waals surface area contributed by atoms with Gasteiger partial charge in [0.15, 0.2) is 5.96 Å². The minimum Gasteiger partial charge on any atom is -0.481 e. The van der Waals surface area contributed by atoms with Crippen LogP contribution < -0.4 is 38.9 Å². The molecule has 3 unspecified atom stereocenters. The number of nitrogens with two attached hydrogens (primary N) is 4. The number of nitrogens with one attached hydrogen (secondary N) is 3. The number of unbranched alkanes of at least 4 members (excludes halogenated alkanes) is 1. The largest absolute Gasteiger partial charge is 0.481 e. The molecule has 188 valence electrons. The number of carboxylic acids is 2. The first-order chi connectivity index (χ1) is 15.5. The minimum absolute atomic E-state index is 0.0380. The lowest BCUT2D eigenvalue weighted by Gasteiger charge is -2.20. The van der Waals surface area contributed by atoms with Crippen LogP contribution in [0.15, 0.2) is 4.99 Å². The summed E-state index contributed by atoms with van der Waals surface area (Å²) in [4.78, 5) is 62.6. The fraction of sp³-hybridized carbons (Fsp3) is 0.667. The maximum absolute atomic E-state index is 12.4. The molecule has 13 N–H and O–H groups in total. The summed E-state index contributed by atoms with van der Waals surface area (Å²) in [7, 11) is 0. The first-order valence-electron chi connectivity index (χ1n) is 10.3. The molecule has 15 nitrogen and oxygen atoms in total. The number of nitrogens with zero attached hydrogens (tertiary/aromatic N) is 1. The van der Waals surface area contributed by atoms with Gasteiger partial charge < -0.3 is 49.1 Å². The normalized spacial score (nSPS) is 13.2. The Balaban J connectivity index is 4.85. The fourth-order valence-corrected chi connectivity index (χ4v) is 2.60. The van der Waals surface area contributed by atoms with Gasteiger partial charge in [-0.25, -0.2) is 4.79 Å². The van der Waals surface area contributed by atoms with Crippen LogP contribution in [0.5, 0.6) is 0 Å². The molecular weight excluding hydrogens is 440 g/mol. The van der Waals surface area contributed by atoms with E-state index in [0.717, 1.165) is 0 Å². The van der Waals surface area contributed by atoms with Gasteiger partial charge >= 0.3 is 11.9 Å². The molecule has 0 spiro atoms. The maximum atomic E-state index is 12.4. The Labute approximate surface area is 190 Å². The second-order valence-electron chi connectivity index (χ2n) is 7.17. The molecule has 3 amide bonds. The van der Waals surface area contributed by atoms with Crippen LogP contribution in [-0.4, -0.2) is 83.6 Å². The predicted molar refractivity (Wildman–Crippen MR) is 118 cm³/mol. The first kappa shape index (κ1) is 29.5. The summed E-state index contributed by atoms with van der Waals surface area (Å²) in [6, 6.07) is -3.77. The van der Waals surface area contributed by atoms with Crippen molar-refractivity contribution in [2.75, 3.05) is 19.6 Å². The SMILES string of the molecule is NCCCCC(N)C(=O)NCC(=O)NC(CC(=O)O)C(=O)NC(CCCN=C(N)N)C(=O)O. The third-order valence-corrected chi connectivity index (χ3v) is 4.32. The van der Waals surface area contributed by atoms with Crippen LogP contribution in [0.3, 0.4) is 0 Å². The number of carboxylic acid groups (broad SMARTS) is 2. The Hall–Kier alpha value is -3.46. The highest BCUT2D eigenvalue weighted by Crippen LogP contribution is 2.02. The van der Waals surface area contributed by atoms with Gasteiger partial charge in [0.2, 0.25) is 17.7 Å². The van der Waals surface area contributed by atoms with Crippen LogP contribution >= 0.6 is 0 Å². The van der Waals surface area contributed by atoms with Crippen molar-refractivity contribution in [2.24, 2.45) is 27.9 Å². The van der Waals surface area contributed by atoms with Gasteiger partial charge in [0.1, 0.15) is 12.1 Å². The molecule has 0 fully saturated rings. The van der Waals surface area contributed by atoms with E-state index < -0.39 is 60.8 Å². The lowest BCUT2D eigenvalue weighted by Crippen LogP contribution is -2.54. The summed E-state index contributed by atoms with van der Waals surface area (Å²) in [5.74, 6) is -5.37. The van der Waals surface area contributed by atoms with Gasteiger partial charge in [-0.3, -0.25) is 24.2 Å². The Bertz CT molecular complexity index is 712. The third-order valence-electron chi connectivity index (χ3n) is 4.32. The number of aliphatic imine (C=N–C) groups is 1. The van der Waals surface area contributed by atoms with Crippen molar-refractivity contribution < 1.29 is 34.2 Å².